The van der Waals surface area contributed by atoms with Crippen molar-refractivity contribution in [3.8, 4) is 0 Å². The van der Waals surface area contributed by atoms with Gasteiger partial charge in [0.05, 0.1) is 0 Å². The zero-order valence-corrected chi connectivity index (χ0v) is 6.02. The Labute approximate surface area is 61.2 Å². The highest BCUT2D eigenvalue weighted by molar-refractivity contribution is 5.61. The topological polar surface area (TPSA) is 0 Å². The van der Waals surface area contributed by atoms with Crippen molar-refractivity contribution in [3.05, 3.63) is 41.0 Å². The molecule has 0 aliphatic heterocycles. The Morgan fingerprint density at radius 1 is 1.50 bits per heavy atom. The van der Waals surface area contributed by atoms with E-state index in [0.29, 0.717) is 0 Å². The number of benzene rings is 1. The second-order valence-corrected chi connectivity index (χ2v) is 2.64. The van der Waals surface area contributed by atoms with Gasteiger partial charge < -0.3 is 0 Å². The van der Waals surface area contributed by atoms with Gasteiger partial charge in [0.1, 0.15) is 0 Å². The van der Waals surface area contributed by atoms with Crippen LogP contribution in [0.25, 0.3) is 6.08 Å². The number of allylic oxidation sites excluding steroid dienone is 1. The third kappa shape index (κ3) is 0.688. The number of rotatable bonds is 0. The Bertz CT molecular complexity index is 282. The van der Waals surface area contributed by atoms with Crippen molar-refractivity contribution in [2.24, 2.45) is 0 Å². The van der Waals surface area contributed by atoms with E-state index in [2.05, 4.69) is 31.2 Å². The average molecular weight is 129 g/mol. The Morgan fingerprint density at radius 3 is 3.20 bits per heavy atom. The molecule has 1 aliphatic carbocycles. The van der Waals surface area contributed by atoms with E-state index in [4.69, 9.17) is 0 Å². The van der Waals surface area contributed by atoms with Crippen LogP contribution in [-0.2, 0) is 6.42 Å². The molecule has 1 aromatic carbocycles. The fraction of sp³-hybridized carbons (Fsp3) is 0.200. The van der Waals surface area contributed by atoms with Gasteiger partial charge in [-0.1, -0.05) is 24.3 Å². The summed E-state index contributed by atoms with van der Waals surface area (Å²) < 4.78 is 0. The van der Waals surface area contributed by atoms with Gasteiger partial charge in [-0.2, -0.15) is 0 Å². The molecule has 0 spiro atoms. The molecule has 10 heavy (non-hydrogen) atoms. The second-order valence-electron chi connectivity index (χ2n) is 2.64. The Balaban J connectivity index is 2.66. The van der Waals surface area contributed by atoms with Crippen molar-refractivity contribution < 1.29 is 0 Å². The van der Waals surface area contributed by atoms with Gasteiger partial charge in [-0.15, -0.1) is 0 Å². The predicted octanol–water partition coefficient (Wildman–Crippen LogP) is 2.36. The zero-order chi connectivity index (χ0) is 6.97. The van der Waals surface area contributed by atoms with Crippen molar-refractivity contribution in [1.82, 2.24) is 0 Å². The summed E-state index contributed by atoms with van der Waals surface area (Å²) in [5, 5.41) is 0. The van der Waals surface area contributed by atoms with Gasteiger partial charge in [0.25, 0.3) is 0 Å². The smallest absolute Gasteiger partial charge is 0.00853 e. The maximum Gasteiger partial charge on any atom is -0.00853 e. The van der Waals surface area contributed by atoms with Gasteiger partial charge in [-0.25, -0.2) is 0 Å². The summed E-state index contributed by atoms with van der Waals surface area (Å²) in [6, 6.07) is 7.30. The number of fused-ring (bicyclic) bond motifs is 1. The Kier molecular flexibility index (Phi) is 1.13. The lowest BCUT2D eigenvalue weighted by molar-refractivity contribution is 1.24. The third-order valence-electron chi connectivity index (χ3n) is 1.98. The van der Waals surface area contributed by atoms with Crippen molar-refractivity contribution in [3.63, 3.8) is 0 Å². The average Bonchev–Trinajstić information content (AvgIpc) is 2.36. The first-order valence-corrected chi connectivity index (χ1v) is 3.54. The van der Waals surface area contributed by atoms with E-state index in [0.717, 1.165) is 6.42 Å². The number of hydrogen-bond donors (Lipinski definition) is 0. The fourth-order valence-electron chi connectivity index (χ4n) is 1.39. The highest BCUT2D eigenvalue weighted by Gasteiger charge is 2.05. The molecule has 0 saturated heterocycles. The molecule has 0 saturated carbocycles. The first kappa shape index (κ1) is 5.72. The van der Waals surface area contributed by atoms with E-state index in [1.165, 1.54) is 16.7 Å². The van der Waals surface area contributed by atoms with Gasteiger partial charge in [-0.3, -0.25) is 0 Å². The first-order valence-electron chi connectivity index (χ1n) is 3.54. The monoisotopic (exact) mass is 129 g/mol. The minimum Gasteiger partial charge on any atom is -0.0795 e. The molecule has 0 atom stereocenters. The predicted molar refractivity (Wildman–Crippen MR) is 42.8 cm³/mol. The SMILES string of the molecule is Cc1[c]ccc2c1CC=C2. The molecule has 0 amide bonds. The van der Waals surface area contributed by atoms with E-state index >= 15 is 0 Å². The van der Waals surface area contributed by atoms with Crippen LogP contribution in [0.4, 0.5) is 0 Å². The summed E-state index contributed by atoms with van der Waals surface area (Å²) in [5.41, 5.74) is 4.11. The van der Waals surface area contributed by atoms with Crippen LogP contribution < -0.4 is 0 Å². The van der Waals surface area contributed by atoms with Gasteiger partial charge in [0.15, 0.2) is 0 Å². The van der Waals surface area contributed by atoms with Crippen molar-refractivity contribution in [1.29, 1.82) is 0 Å². The molecule has 49 valence electrons. The Morgan fingerprint density at radius 2 is 2.40 bits per heavy atom. The van der Waals surface area contributed by atoms with Gasteiger partial charge in [0.2, 0.25) is 0 Å². The van der Waals surface area contributed by atoms with E-state index in [1.54, 1.807) is 0 Å². The fourth-order valence-corrected chi connectivity index (χ4v) is 1.39. The molecule has 2 rings (SSSR count). The molecule has 0 unspecified atom stereocenters. The van der Waals surface area contributed by atoms with Crippen LogP contribution in [0.3, 0.4) is 0 Å². The highest BCUT2D eigenvalue weighted by Crippen LogP contribution is 2.21. The molecule has 0 nitrogen and oxygen atoms in total. The van der Waals surface area contributed by atoms with Crippen LogP contribution in [0.15, 0.2) is 18.2 Å². The van der Waals surface area contributed by atoms with Gasteiger partial charge in [-0.05, 0) is 36.1 Å². The summed E-state index contributed by atoms with van der Waals surface area (Å²) >= 11 is 0. The lowest BCUT2D eigenvalue weighted by Gasteiger charge is -2.00. The summed E-state index contributed by atoms with van der Waals surface area (Å²) in [4.78, 5) is 0. The molecule has 0 heterocycles. The molecular weight excluding hydrogens is 120 g/mol. The zero-order valence-electron chi connectivity index (χ0n) is 6.02. The van der Waals surface area contributed by atoms with Crippen molar-refractivity contribution >= 4 is 6.08 Å². The number of hydrogen-bond acceptors (Lipinski definition) is 0. The van der Waals surface area contributed by atoms with Gasteiger partial charge in [0, 0.05) is 0 Å². The lowest BCUT2D eigenvalue weighted by atomic mass is 10.0. The quantitative estimate of drug-likeness (QED) is 0.504. The van der Waals surface area contributed by atoms with E-state index < -0.39 is 0 Å². The molecular formula is C10H9. The summed E-state index contributed by atoms with van der Waals surface area (Å²) in [6.07, 6.45) is 5.47. The number of aryl methyl sites for hydroxylation is 1. The van der Waals surface area contributed by atoms with Crippen LogP contribution in [0.5, 0.6) is 0 Å². The first-order chi connectivity index (χ1) is 4.88. The van der Waals surface area contributed by atoms with Crippen molar-refractivity contribution in [2.45, 2.75) is 13.3 Å². The van der Waals surface area contributed by atoms with E-state index in [9.17, 15) is 0 Å². The standard InChI is InChI=1S/C10H9/c1-8-4-2-5-9-6-3-7-10(8)9/h2-3,5-6H,7H2,1H3. The maximum absolute atomic E-state index is 3.19. The normalized spacial score (nSPS) is 13.7. The second kappa shape index (κ2) is 1.98. The van der Waals surface area contributed by atoms with E-state index in [1.807, 2.05) is 6.07 Å². The molecule has 1 radical (unpaired) electrons. The van der Waals surface area contributed by atoms with Crippen LogP contribution in [-0.4, -0.2) is 0 Å². The minimum atomic E-state index is 1.10. The van der Waals surface area contributed by atoms with Crippen LogP contribution >= 0.6 is 0 Å². The molecule has 1 aromatic rings. The maximum atomic E-state index is 3.19. The summed E-state index contributed by atoms with van der Waals surface area (Å²) in [6.45, 7) is 2.12. The largest absolute Gasteiger partial charge is 0.0795 e. The molecule has 0 fully saturated rings. The van der Waals surface area contributed by atoms with Crippen molar-refractivity contribution in [2.75, 3.05) is 0 Å². The Hall–Kier alpha value is -1.04. The summed E-state index contributed by atoms with van der Waals surface area (Å²) in [5.74, 6) is 0. The van der Waals surface area contributed by atoms with Gasteiger partial charge >= 0.3 is 0 Å². The highest BCUT2D eigenvalue weighted by atomic mass is 14.1. The van der Waals surface area contributed by atoms with Crippen LogP contribution in [0.1, 0.15) is 16.7 Å². The molecule has 0 bridgehead atoms. The third-order valence-corrected chi connectivity index (χ3v) is 1.98. The van der Waals surface area contributed by atoms with Crippen LogP contribution in [0.2, 0.25) is 0 Å². The molecule has 0 heteroatoms. The molecule has 0 aromatic heterocycles. The molecule has 1 aliphatic rings. The van der Waals surface area contributed by atoms with Crippen LogP contribution in [0, 0.1) is 13.0 Å². The minimum absolute atomic E-state index is 1.10. The summed E-state index contributed by atoms with van der Waals surface area (Å²) in [7, 11) is 0. The molecule has 0 N–H and O–H groups in total. The lowest BCUT2D eigenvalue weighted by Crippen LogP contribution is -1.85. The van der Waals surface area contributed by atoms with E-state index in [-0.39, 0.29) is 0 Å².